The Labute approximate surface area is 129 Å². The molecular formula is C16H20ClNO3. The van der Waals surface area contributed by atoms with E-state index in [9.17, 15) is 9.59 Å². The van der Waals surface area contributed by atoms with Crippen LogP contribution in [0.25, 0.3) is 0 Å². The number of carbonyl (C=O) groups excluding carboxylic acids is 1. The van der Waals surface area contributed by atoms with Crippen LogP contribution >= 0.6 is 11.6 Å². The van der Waals surface area contributed by atoms with Crippen LogP contribution in [0, 0.1) is 11.8 Å². The van der Waals surface area contributed by atoms with E-state index in [1.807, 2.05) is 26.0 Å². The van der Waals surface area contributed by atoms with Gasteiger partial charge in [-0.15, -0.1) is 0 Å². The summed E-state index contributed by atoms with van der Waals surface area (Å²) in [4.78, 5) is 25.5. The van der Waals surface area contributed by atoms with Gasteiger partial charge in [-0.2, -0.15) is 0 Å². The van der Waals surface area contributed by atoms with E-state index in [1.54, 1.807) is 17.0 Å². The fourth-order valence-corrected chi connectivity index (χ4v) is 3.10. The lowest BCUT2D eigenvalue weighted by atomic mass is 9.86. The van der Waals surface area contributed by atoms with Crippen molar-refractivity contribution >= 4 is 23.5 Å². The second-order valence-corrected chi connectivity index (χ2v) is 6.21. The first kappa shape index (κ1) is 15.8. The van der Waals surface area contributed by atoms with Crippen molar-refractivity contribution < 1.29 is 14.7 Å². The second kappa shape index (κ2) is 6.48. The number of piperidine rings is 1. The molecule has 2 rings (SSSR count). The maximum absolute atomic E-state index is 12.6. The molecular weight excluding hydrogens is 290 g/mol. The van der Waals surface area contributed by atoms with Gasteiger partial charge in [0.05, 0.1) is 11.8 Å². The van der Waals surface area contributed by atoms with E-state index < -0.39 is 5.97 Å². The summed E-state index contributed by atoms with van der Waals surface area (Å²) >= 11 is 5.97. The first-order valence-corrected chi connectivity index (χ1v) is 7.55. The van der Waals surface area contributed by atoms with Crippen molar-refractivity contribution in [3.63, 3.8) is 0 Å². The highest BCUT2D eigenvalue weighted by Crippen LogP contribution is 2.27. The van der Waals surface area contributed by atoms with E-state index in [4.69, 9.17) is 16.7 Å². The lowest BCUT2D eigenvalue weighted by Gasteiger charge is -2.36. The highest BCUT2D eigenvalue weighted by atomic mass is 35.5. The zero-order chi connectivity index (χ0) is 15.6. The fourth-order valence-electron chi connectivity index (χ4n) is 2.90. The molecule has 3 unspecified atom stereocenters. The monoisotopic (exact) mass is 309 g/mol. The minimum absolute atomic E-state index is 0.0215. The van der Waals surface area contributed by atoms with Gasteiger partial charge in [0.15, 0.2) is 0 Å². The van der Waals surface area contributed by atoms with Crippen molar-refractivity contribution in [2.45, 2.75) is 26.2 Å². The molecule has 0 spiro atoms. The molecule has 0 bridgehead atoms. The van der Waals surface area contributed by atoms with Gasteiger partial charge in [0.1, 0.15) is 0 Å². The Morgan fingerprint density at radius 1 is 1.43 bits per heavy atom. The average Bonchev–Trinajstić information content (AvgIpc) is 2.45. The van der Waals surface area contributed by atoms with Crippen LogP contribution in [0.4, 0.5) is 0 Å². The number of hydrogen-bond donors (Lipinski definition) is 1. The second-order valence-electron chi connectivity index (χ2n) is 5.77. The van der Waals surface area contributed by atoms with Crippen molar-refractivity contribution in [1.29, 1.82) is 0 Å². The molecule has 4 nitrogen and oxygen atoms in total. The normalized spacial score (nSPS) is 23.7. The number of likely N-dealkylation sites (tertiary alicyclic amines) is 1. The maximum Gasteiger partial charge on any atom is 0.306 e. The number of benzene rings is 1. The number of aliphatic carboxylic acids is 1. The van der Waals surface area contributed by atoms with Gasteiger partial charge in [0.25, 0.3) is 0 Å². The van der Waals surface area contributed by atoms with E-state index in [0.29, 0.717) is 24.5 Å². The molecule has 114 valence electrons. The Kier molecular flexibility index (Phi) is 4.88. The predicted octanol–water partition coefficient (Wildman–Crippen LogP) is 3.01. The van der Waals surface area contributed by atoms with Crippen molar-refractivity contribution in [1.82, 2.24) is 4.90 Å². The van der Waals surface area contributed by atoms with Crippen LogP contribution in [0.1, 0.15) is 31.7 Å². The SMILES string of the molecule is CC(C(=O)N1CCC(C(=O)O)C(C)C1)c1cccc(Cl)c1. The molecule has 0 radical (unpaired) electrons. The smallest absolute Gasteiger partial charge is 0.306 e. The standard InChI is InChI=1S/C16H20ClNO3/c1-10-9-18(7-6-14(10)16(20)21)15(19)11(2)12-4-3-5-13(17)8-12/h3-5,8,10-11,14H,6-7,9H2,1-2H3,(H,20,21). The van der Waals surface area contributed by atoms with Gasteiger partial charge in [-0.05, 0) is 37.0 Å². The molecule has 1 aliphatic heterocycles. The lowest BCUT2D eigenvalue weighted by Crippen LogP contribution is -2.46. The summed E-state index contributed by atoms with van der Waals surface area (Å²) in [7, 11) is 0. The average molecular weight is 310 g/mol. The number of carboxylic acids is 1. The van der Waals surface area contributed by atoms with Gasteiger partial charge >= 0.3 is 5.97 Å². The number of carbonyl (C=O) groups is 2. The molecule has 1 fully saturated rings. The third-order valence-electron chi connectivity index (χ3n) is 4.25. The highest BCUT2D eigenvalue weighted by Gasteiger charge is 2.34. The zero-order valence-corrected chi connectivity index (χ0v) is 13.0. The summed E-state index contributed by atoms with van der Waals surface area (Å²) in [5.74, 6) is -1.37. The summed E-state index contributed by atoms with van der Waals surface area (Å²) in [5, 5.41) is 9.75. The Morgan fingerprint density at radius 3 is 2.71 bits per heavy atom. The molecule has 1 aromatic carbocycles. The summed E-state index contributed by atoms with van der Waals surface area (Å²) in [6.45, 7) is 4.76. The molecule has 5 heteroatoms. The fraction of sp³-hybridized carbons (Fsp3) is 0.500. The third-order valence-corrected chi connectivity index (χ3v) is 4.49. The minimum Gasteiger partial charge on any atom is -0.481 e. The zero-order valence-electron chi connectivity index (χ0n) is 12.3. The van der Waals surface area contributed by atoms with E-state index in [2.05, 4.69) is 0 Å². The first-order chi connectivity index (χ1) is 9.90. The van der Waals surface area contributed by atoms with Crippen LogP contribution in [0.5, 0.6) is 0 Å². The van der Waals surface area contributed by atoms with Crippen molar-refractivity contribution in [3.05, 3.63) is 34.9 Å². The van der Waals surface area contributed by atoms with Crippen LogP contribution in [0.3, 0.4) is 0 Å². The molecule has 1 amide bonds. The molecule has 0 saturated carbocycles. The Hall–Kier alpha value is -1.55. The number of nitrogens with zero attached hydrogens (tertiary/aromatic N) is 1. The van der Waals surface area contributed by atoms with E-state index in [-0.39, 0.29) is 23.7 Å². The molecule has 0 aliphatic carbocycles. The van der Waals surface area contributed by atoms with Gasteiger partial charge < -0.3 is 10.0 Å². The summed E-state index contributed by atoms with van der Waals surface area (Å²) in [5.41, 5.74) is 0.889. The quantitative estimate of drug-likeness (QED) is 0.933. The molecule has 0 aromatic heterocycles. The first-order valence-electron chi connectivity index (χ1n) is 7.17. The maximum atomic E-state index is 12.6. The van der Waals surface area contributed by atoms with Gasteiger partial charge in [-0.1, -0.05) is 30.7 Å². The number of rotatable bonds is 3. The van der Waals surface area contributed by atoms with Crippen molar-refractivity contribution in [3.8, 4) is 0 Å². The van der Waals surface area contributed by atoms with Crippen LogP contribution < -0.4 is 0 Å². The third kappa shape index (κ3) is 3.56. The summed E-state index contributed by atoms with van der Waals surface area (Å²) in [6, 6.07) is 7.31. The Balaban J connectivity index is 2.06. The summed E-state index contributed by atoms with van der Waals surface area (Å²) < 4.78 is 0. The minimum atomic E-state index is -0.766. The number of amides is 1. The number of halogens is 1. The Bertz CT molecular complexity index is 546. The van der Waals surface area contributed by atoms with Crippen LogP contribution in [-0.4, -0.2) is 35.0 Å². The van der Waals surface area contributed by atoms with Gasteiger partial charge in [0, 0.05) is 18.1 Å². The van der Waals surface area contributed by atoms with Gasteiger partial charge in [-0.25, -0.2) is 0 Å². The molecule has 21 heavy (non-hydrogen) atoms. The molecule has 1 heterocycles. The molecule has 3 atom stereocenters. The largest absolute Gasteiger partial charge is 0.481 e. The number of hydrogen-bond acceptors (Lipinski definition) is 2. The van der Waals surface area contributed by atoms with E-state index >= 15 is 0 Å². The van der Waals surface area contributed by atoms with Gasteiger partial charge in [0.2, 0.25) is 5.91 Å². The van der Waals surface area contributed by atoms with Crippen LogP contribution in [0.15, 0.2) is 24.3 Å². The highest BCUT2D eigenvalue weighted by molar-refractivity contribution is 6.30. The van der Waals surface area contributed by atoms with Crippen LogP contribution in [-0.2, 0) is 9.59 Å². The van der Waals surface area contributed by atoms with Crippen LogP contribution in [0.2, 0.25) is 5.02 Å². The number of carboxylic acid groups (broad SMARTS) is 1. The van der Waals surface area contributed by atoms with E-state index in [0.717, 1.165) is 5.56 Å². The van der Waals surface area contributed by atoms with Crippen molar-refractivity contribution in [2.75, 3.05) is 13.1 Å². The predicted molar refractivity (Wildman–Crippen MR) is 81.4 cm³/mol. The lowest BCUT2D eigenvalue weighted by molar-refractivity contribution is -0.148. The topological polar surface area (TPSA) is 57.6 Å². The van der Waals surface area contributed by atoms with Gasteiger partial charge in [-0.3, -0.25) is 9.59 Å². The summed E-state index contributed by atoms with van der Waals surface area (Å²) in [6.07, 6.45) is 0.518. The molecule has 1 N–H and O–H groups in total. The molecule has 1 aromatic rings. The van der Waals surface area contributed by atoms with Crippen molar-refractivity contribution in [2.24, 2.45) is 11.8 Å². The Morgan fingerprint density at radius 2 is 2.14 bits per heavy atom. The molecule has 1 saturated heterocycles. The van der Waals surface area contributed by atoms with E-state index in [1.165, 1.54) is 0 Å². The molecule has 1 aliphatic rings.